The van der Waals surface area contributed by atoms with Crippen LogP contribution >= 0.6 is 0 Å². The summed E-state index contributed by atoms with van der Waals surface area (Å²) >= 11 is 0. The van der Waals surface area contributed by atoms with Crippen molar-refractivity contribution in [1.82, 2.24) is 25.2 Å². The Hall–Kier alpha value is -4.05. The van der Waals surface area contributed by atoms with Gasteiger partial charge in [-0.1, -0.05) is 0 Å². The molecule has 0 spiro atoms. The summed E-state index contributed by atoms with van der Waals surface area (Å²) in [5.41, 5.74) is 12.3. The van der Waals surface area contributed by atoms with Crippen molar-refractivity contribution in [2.75, 3.05) is 31.6 Å². The molecule has 196 valence electrons. The number of ether oxygens (including phenoxy) is 1. The number of nitrogens with zero attached hydrogens (tertiary/aromatic N) is 5. The van der Waals surface area contributed by atoms with E-state index in [-0.39, 0.29) is 24.5 Å². The van der Waals surface area contributed by atoms with Gasteiger partial charge in [-0.25, -0.2) is 14.8 Å². The van der Waals surface area contributed by atoms with Gasteiger partial charge in [0.25, 0.3) is 0 Å². The summed E-state index contributed by atoms with van der Waals surface area (Å²) in [6.07, 6.45) is 9.28. The molecule has 3 amide bonds. The van der Waals surface area contributed by atoms with Gasteiger partial charge in [-0.05, 0) is 62.3 Å². The molecule has 2 aliphatic heterocycles. The smallest absolute Gasteiger partial charge is 0.326 e. The first kappa shape index (κ1) is 24.3. The molecule has 38 heavy (non-hydrogen) atoms. The van der Waals surface area contributed by atoms with Crippen molar-refractivity contribution in [2.24, 2.45) is 5.73 Å². The van der Waals surface area contributed by atoms with Gasteiger partial charge in [0.2, 0.25) is 11.8 Å². The number of carbonyl (C=O) groups excluding carboxylic acids is 2. The molecule has 5 heterocycles. The Balaban J connectivity index is 1.47. The summed E-state index contributed by atoms with van der Waals surface area (Å²) in [5, 5.41) is 3.22. The predicted molar refractivity (Wildman–Crippen MR) is 144 cm³/mol. The number of nitrogens with two attached hydrogens (primary N) is 1. The van der Waals surface area contributed by atoms with Crippen LogP contribution in [-0.2, 0) is 4.79 Å². The maximum absolute atomic E-state index is 13.8. The van der Waals surface area contributed by atoms with Gasteiger partial charge in [0.15, 0.2) is 0 Å². The quantitative estimate of drug-likeness (QED) is 0.535. The number of piperidine rings is 1. The lowest BCUT2D eigenvalue weighted by molar-refractivity contribution is -0.119. The Bertz CT molecular complexity index is 1420. The van der Waals surface area contributed by atoms with Crippen LogP contribution in [0.3, 0.4) is 0 Å². The zero-order valence-corrected chi connectivity index (χ0v) is 21.4. The van der Waals surface area contributed by atoms with Crippen molar-refractivity contribution in [3.63, 3.8) is 0 Å². The van der Waals surface area contributed by atoms with Gasteiger partial charge in [-0.3, -0.25) is 19.6 Å². The Morgan fingerprint density at radius 1 is 1.11 bits per heavy atom. The number of urea groups is 1. The SMILES string of the molecule is COc1ccc(-c2ccc3ncc4c(c3n2)N(C2CCN(CC(N)=O)CC2)C(=O)NC4=C2CCCC2)cn1. The standard InChI is InChI=1S/C28H31N7O3/c1-38-24-9-6-18(14-31-24)21-7-8-22-26(32-21)27-20(15-30-22)25(17-4-2-3-5-17)33-28(37)35(27)19-10-12-34(13-11-19)16-23(29)36/h6-9,14-15,19H,2-5,10-13,16H2,1H3,(H2,29,36)(H,33,37). The lowest BCUT2D eigenvalue weighted by Gasteiger charge is -2.41. The van der Waals surface area contributed by atoms with Gasteiger partial charge in [0, 0.05) is 48.7 Å². The Labute approximate surface area is 220 Å². The van der Waals surface area contributed by atoms with E-state index in [1.54, 1.807) is 13.3 Å². The second-order valence-electron chi connectivity index (χ2n) is 10.1. The number of hydrogen-bond donors (Lipinski definition) is 2. The number of rotatable bonds is 5. The van der Waals surface area contributed by atoms with Crippen LogP contribution in [0.2, 0.25) is 0 Å². The minimum atomic E-state index is -0.334. The third-order valence-electron chi connectivity index (χ3n) is 7.75. The number of carbonyl (C=O) groups is 2. The minimum absolute atomic E-state index is 0.0355. The van der Waals surface area contributed by atoms with Gasteiger partial charge in [0.1, 0.15) is 5.52 Å². The molecule has 10 heteroatoms. The van der Waals surface area contributed by atoms with Crippen LogP contribution in [0.15, 0.2) is 42.2 Å². The first-order valence-electron chi connectivity index (χ1n) is 13.2. The lowest BCUT2D eigenvalue weighted by Crippen LogP contribution is -2.54. The molecule has 3 aromatic rings. The van der Waals surface area contributed by atoms with E-state index in [0.29, 0.717) is 24.5 Å². The molecule has 3 aliphatic rings. The Kier molecular flexibility index (Phi) is 6.40. The lowest BCUT2D eigenvalue weighted by atomic mass is 9.96. The third-order valence-corrected chi connectivity index (χ3v) is 7.75. The highest BCUT2D eigenvalue weighted by Crippen LogP contribution is 2.42. The molecule has 1 aliphatic carbocycles. The van der Waals surface area contributed by atoms with Crippen LogP contribution in [0.5, 0.6) is 5.88 Å². The van der Waals surface area contributed by atoms with Gasteiger partial charge in [-0.15, -0.1) is 0 Å². The van der Waals surface area contributed by atoms with Crippen molar-refractivity contribution < 1.29 is 14.3 Å². The van der Waals surface area contributed by atoms with E-state index >= 15 is 0 Å². The van der Waals surface area contributed by atoms with E-state index in [1.165, 1.54) is 5.57 Å². The molecule has 3 aromatic heterocycles. The molecule has 0 aromatic carbocycles. The first-order chi connectivity index (χ1) is 18.5. The highest BCUT2D eigenvalue weighted by molar-refractivity contribution is 6.11. The third kappa shape index (κ3) is 4.45. The van der Waals surface area contributed by atoms with E-state index in [1.807, 2.05) is 40.3 Å². The van der Waals surface area contributed by atoms with Gasteiger partial charge >= 0.3 is 6.03 Å². The van der Waals surface area contributed by atoms with Crippen molar-refractivity contribution in [3.8, 4) is 17.1 Å². The number of anilines is 1. The fraction of sp³-hybridized carbons (Fsp3) is 0.393. The fourth-order valence-electron chi connectivity index (χ4n) is 5.86. The van der Waals surface area contributed by atoms with Crippen molar-refractivity contribution in [2.45, 2.75) is 44.6 Å². The van der Waals surface area contributed by atoms with E-state index in [0.717, 1.165) is 72.2 Å². The maximum Gasteiger partial charge on any atom is 0.326 e. The Morgan fingerprint density at radius 3 is 2.58 bits per heavy atom. The van der Waals surface area contributed by atoms with Crippen molar-refractivity contribution >= 4 is 34.4 Å². The number of nitrogens with one attached hydrogen (secondary N) is 1. The summed E-state index contributed by atoms with van der Waals surface area (Å²) in [6, 6.07) is 7.44. The largest absolute Gasteiger partial charge is 0.481 e. The molecule has 0 radical (unpaired) electrons. The number of pyridine rings is 3. The summed E-state index contributed by atoms with van der Waals surface area (Å²) in [5.74, 6) is 0.200. The zero-order valence-electron chi connectivity index (χ0n) is 21.4. The van der Waals surface area contributed by atoms with Crippen LogP contribution in [0.1, 0.15) is 44.1 Å². The highest BCUT2D eigenvalue weighted by Gasteiger charge is 2.38. The molecule has 3 N–H and O–H groups in total. The van der Waals surface area contributed by atoms with Crippen molar-refractivity contribution in [1.29, 1.82) is 0 Å². The monoisotopic (exact) mass is 513 g/mol. The van der Waals surface area contributed by atoms with Crippen LogP contribution in [-0.4, -0.2) is 64.6 Å². The maximum atomic E-state index is 13.8. The molecular formula is C28H31N7O3. The molecule has 0 bridgehead atoms. The highest BCUT2D eigenvalue weighted by atomic mass is 16.5. The molecule has 2 fully saturated rings. The topological polar surface area (TPSA) is 127 Å². The van der Waals surface area contributed by atoms with E-state index in [2.05, 4.69) is 10.3 Å². The predicted octanol–water partition coefficient (Wildman–Crippen LogP) is 3.46. The number of fused-ring (bicyclic) bond motifs is 3. The van der Waals surface area contributed by atoms with Crippen LogP contribution in [0, 0.1) is 0 Å². The normalized spacial score (nSPS) is 18.6. The number of likely N-dealkylation sites (tertiary alicyclic amines) is 1. The fourth-order valence-corrected chi connectivity index (χ4v) is 5.86. The van der Waals surface area contributed by atoms with E-state index in [4.69, 9.17) is 20.4 Å². The second kappa shape index (κ2) is 10.0. The summed E-state index contributed by atoms with van der Waals surface area (Å²) in [6.45, 7) is 1.62. The molecule has 10 nitrogen and oxygen atoms in total. The summed E-state index contributed by atoms with van der Waals surface area (Å²) in [4.78, 5) is 43.3. The minimum Gasteiger partial charge on any atom is -0.481 e. The molecular weight excluding hydrogens is 482 g/mol. The molecule has 0 unspecified atom stereocenters. The van der Waals surface area contributed by atoms with Gasteiger partial charge in [0.05, 0.1) is 36.2 Å². The molecule has 0 atom stereocenters. The first-order valence-corrected chi connectivity index (χ1v) is 13.2. The van der Waals surface area contributed by atoms with Crippen molar-refractivity contribution in [3.05, 3.63) is 47.8 Å². The second-order valence-corrected chi connectivity index (χ2v) is 10.1. The van der Waals surface area contributed by atoms with Crippen LogP contribution in [0.25, 0.3) is 28.0 Å². The number of allylic oxidation sites excluding steroid dienone is 1. The average molecular weight is 514 g/mol. The van der Waals surface area contributed by atoms with E-state index in [9.17, 15) is 9.59 Å². The Morgan fingerprint density at radius 2 is 1.89 bits per heavy atom. The summed E-state index contributed by atoms with van der Waals surface area (Å²) < 4.78 is 5.21. The van der Waals surface area contributed by atoms with E-state index < -0.39 is 0 Å². The number of primary amides is 1. The number of amides is 3. The number of aromatic nitrogens is 3. The van der Waals surface area contributed by atoms with Gasteiger partial charge < -0.3 is 15.8 Å². The zero-order chi connectivity index (χ0) is 26.2. The van der Waals surface area contributed by atoms with Gasteiger partial charge in [-0.2, -0.15) is 0 Å². The molecule has 1 saturated carbocycles. The van der Waals surface area contributed by atoms with Crippen LogP contribution < -0.4 is 20.7 Å². The molecule has 6 rings (SSSR count). The average Bonchev–Trinajstić information content (AvgIpc) is 3.48. The number of hydrogen-bond acceptors (Lipinski definition) is 7. The summed E-state index contributed by atoms with van der Waals surface area (Å²) in [7, 11) is 1.59. The molecule has 1 saturated heterocycles. The number of methoxy groups -OCH3 is 1. The van der Waals surface area contributed by atoms with Crippen LogP contribution in [0.4, 0.5) is 10.5 Å².